The standard InChI is InChI=1S/C16H21BrN2O/c1-10(13-9-11-6-7-12(13)8-11)18-16(20)19-15-5-3-2-4-14(15)17/h2-5,10-13H,6-9H2,1H3,(H2,18,19,20)/t10-,11+,12+,13-/m1/s1. The molecule has 108 valence electrons. The van der Waals surface area contributed by atoms with Crippen LogP contribution in [0.25, 0.3) is 0 Å². The second-order valence-corrected chi connectivity index (χ2v) is 7.06. The minimum atomic E-state index is -0.104. The van der Waals surface area contributed by atoms with Crippen molar-refractivity contribution < 1.29 is 4.79 Å². The fourth-order valence-electron chi connectivity index (χ4n) is 3.94. The zero-order valence-electron chi connectivity index (χ0n) is 11.7. The first-order valence-electron chi connectivity index (χ1n) is 7.45. The number of urea groups is 1. The van der Waals surface area contributed by atoms with Crippen LogP contribution in [0, 0.1) is 17.8 Å². The molecule has 3 rings (SSSR count). The van der Waals surface area contributed by atoms with Gasteiger partial charge >= 0.3 is 6.03 Å². The topological polar surface area (TPSA) is 41.1 Å². The molecule has 2 bridgehead atoms. The summed E-state index contributed by atoms with van der Waals surface area (Å²) in [5.74, 6) is 2.41. The van der Waals surface area contributed by atoms with Crippen molar-refractivity contribution in [2.24, 2.45) is 17.8 Å². The van der Waals surface area contributed by atoms with Gasteiger partial charge in [-0.15, -0.1) is 0 Å². The van der Waals surface area contributed by atoms with Crippen LogP contribution in [0.2, 0.25) is 0 Å². The minimum absolute atomic E-state index is 0.104. The molecule has 0 unspecified atom stereocenters. The lowest BCUT2D eigenvalue weighted by atomic mass is 9.84. The van der Waals surface area contributed by atoms with Gasteiger partial charge in [0.25, 0.3) is 0 Å². The summed E-state index contributed by atoms with van der Waals surface area (Å²) in [6.45, 7) is 2.14. The predicted octanol–water partition coefficient (Wildman–Crippen LogP) is 4.40. The summed E-state index contributed by atoms with van der Waals surface area (Å²) in [7, 11) is 0. The van der Waals surface area contributed by atoms with E-state index in [-0.39, 0.29) is 12.1 Å². The van der Waals surface area contributed by atoms with Crippen LogP contribution in [0.3, 0.4) is 0 Å². The molecule has 4 heteroatoms. The molecule has 0 heterocycles. The molecule has 4 atom stereocenters. The van der Waals surface area contributed by atoms with Crippen molar-refractivity contribution in [1.29, 1.82) is 0 Å². The molecule has 1 aromatic carbocycles. The molecule has 3 nitrogen and oxygen atoms in total. The zero-order chi connectivity index (χ0) is 14.1. The van der Waals surface area contributed by atoms with Crippen molar-refractivity contribution in [3.63, 3.8) is 0 Å². The highest BCUT2D eigenvalue weighted by Gasteiger charge is 2.42. The van der Waals surface area contributed by atoms with E-state index in [9.17, 15) is 4.79 Å². The third-order valence-electron chi connectivity index (χ3n) is 4.92. The van der Waals surface area contributed by atoms with Crippen molar-refractivity contribution >= 4 is 27.6 Å². The predicted molar refractivity (Wildman–Crippen MR) is 84.7 cm³/mol. The van der Waals surface area contributed by atoms with Gasteiger partial charge in [0.1, 0.15) is 0 Å². The summed E-state index contributed by atoms with van der Waals surface area (Å²) >= 11 is 3.44. The van der Waals surface area contributed by atoms with Gasteiger partial charge in [-0.2, -0.15) is 0 Å². The van der Waals surface area contributed by atoms with E-state index in [1.54, 1.807) is 0 Å². The molecule has 0 aromatic heterocycles. The number of fused-ring (bicyclic) bond motifs is 2. The molecule has 1 aromatic rings. The Balaban J connectivity index is 1.55. The highest BCUT2D eigenvalue weighted by Crippen LogP contribution is 2.49. The molecule has 2 fully saturated rings. The van der Waals surface area contributed by atoms with Gasteiger partial charge < -0.3 is 10.6 Å². The van der Waals surface area contributed by atoms with E-state index in [0.717, 1.165) is 22.0 Å². The van der Waals surface area contributed by atoms with Crippen LogP contribution in [-0.2, 0) is 0 Å². The molecule has 2 aliphatic rings. The molecular formula is C16H21BrN2O. The molecule has 0 spiro atoms. The van der Waals surface area contributed by atoms with Gasteiger partial charge in [-0.05, 0) is 72.0 Å². The summed E-state index contributed by atoms with van der Waals surface area (Å²) in [5, 5.41) is 6.02. The average Bonchev–Trinajstić information content (AvgIpc) is 3.03. The smallest absolute Gasteiger partial charge is 0.319 e. The number of rotatable bonds is 3. The molecule has 2 saturated carbocycles. The van der Waals surface area contributed by atoms with Gasteiger partial charge in [0.05, 0.1) is 5.69 Å². The van der Waals surface area contributed by atoms with Gasteiger partial charge in [-0.25, -0.2) is 4.79 Å². The van der Waals surface area contributed by atoms with Gasteiger partial charge in [0.15, 0.2) is 0 Å². The molecule has 20 heavy (non-hydrogen) atoms. The Labute approximate surface area is 128 Å². The van der Waals surface area contributed by atoms with E-state index >= 15 is 0 Å². The van der Waals surface area contributed by atoms with Gasteiger partial charge in [-0.3, -0.25) is 0 Å². The molecule has 0 radical (unpaired) electrons. The van der Waals surface area contributed by atoms with Crippen molar-refractivity contribution in [3.05, 3.63) is 28.7 Å². The molecule has 0 saturated heterocycles. The summed E-state index contributed by atoms with van der Waals surface area (Å²) < 4.78 is 0.905. The molecule has 2 aliphatic carbocycles. The SMILES string of the molecule is C[C@@H](NC(=O)Nc1ccccc1Br)[C@H]1C[C@H]2CC[C@H]1C2. The van der Waals surface area contributed by atoms with Crippen LogP contribution in [0.15, 0.2) is 28.7 Å². The first-order valence-corrected chi connectivity index (χ1v) is 8.25. The first kappa shape index (κ1) is 13.9. The monoisotopic (exact) mass is 336 g/mol. The molecule has 2 amide bonds. The Kier molecular flexibility index (Phi) is 4.01. The Morgan fingerprint density at radius 1 is 1.30 bits per heavy atom. The number of nitrogens with one attached hydrogen (secondary N) is 2. The first-order chi connectivity index (χ1) is 9.63. The third kappa shape index (κ3) is 2.85. The largest absolute Gasteiger partial charge is 0.335 e. The lowest BCUT2D eigenvalue weighted by Crippen LogP contribution is -2.42. The normalized spacial score (nSPS) is 29.2. The summed E-state index contributed by atoms with van der Waals surface area (Å²) in [6, 6.07) is 7.82. The summed E-state index contributed by atoms with van der Waals surface area (Å²) in [4.78, 5) is 12.1. The van der Waals surface area contributed by atoms with E-state index in [1.165, 1.54) is 25.7 Å². The highest BCUT2D eigenvalue weighted by atomic mass is 79.9. The number of benzene rings is 1. The number of amides is 2. The minimum Gasteiger partial charge on any atom is -0.335 e. The lowest BCUT2D eigenvalue weighted by molar-refractivity contribution is 0.230. The molecule has 0 aliphatic heterocycles. The van der Waals surface area contributed by atoms with Crippen LogP contribution in [0.4, 0.5) is 10.5 Å². The quantitative estimate of drug-likeness (QED) is 0.844. The lowest BCUT2D eigenvalue weighted by Gasteiger charge is -2.28. The number of carbonyl (C=O) groups excluding carboxylic acids is 1. The van der Waals surface area contributed by atoms with E-state index in [0.29, 0.717) is 5.92 Å². The Bertz CT molecular complexity index is 505. The van der Waals surface area contributed by atoms with Gasteiger partial charge in [0, 0.05) is 10.5 Å². The van der Waals surface area contributed by atoms with E-state index in [4.69, 9.17) is 0 Å². The Hall–Kier alpha value is -1.03. The van der Waals surface area contributed by atoms with Crippen molar-refractivity contribution in [2.75, 3.05) is 5.32 Å². The number of halogens is 1. The maximum atomic E-state index is 12.1. The van der Waals surface area contributed by atoms with Crippen molar-refractivity contribution in [1.82, 2.24) is 5.32 Å². The highest BCUT2D eigenvalue weighted by molar-refractivity contribution is 9.10. The van der Waals surface area contributed by atoms with Gasteiger partial charge in [0.2, 0.25) is 0 Å². The van der Waals surface area contributed by atoms with Crippen LogP contribution in [0.5, 0.6) is 0 Å². The van der Waals surface area contributed by atoms with Crippen LogP contribution in [-0.4, -0.2) is 12.1 Å². The maximum absolute atomic E-state index is 12.1. The van der Waals surface area contributed by atoms with Crippen molar-refractivity contribution in [3.8, 4) is 0 Å². The third-order valence-corrected chi connectivity index (χ3v) is 5.61. The number of anilines is 1. The van der Waals surface area contributed by atoms with E-state index < -0.39 is 0 Å². The maximum Gasteiger partial charge on any atom is 0.319 e. The summed E-state index contributed by atoms with van der Waals surface area (Å²) in [6.07, 6.45) is 5.42. The van der Waals surface area contributed by atoms with Crippen molar-refractivity contribution in [2.45, 2.75) is 38.6 Å². The molecule has 2 N–H and O–H groups in total. The number of hydrogen-bond acceptors (Lipinski definition) is 1. The molecular weight excluding hydrogens is 316 g/mol. The number of para-hydroxylation sites is 1. The fraction of sp³-hybridized carbons (Fsp3) is 0.562. The van der Waals surface area contributed by atoms with Crippen LogP contribution in [0.1, 0.15) is 32.6 Å². The van der Waals surface area contributed by atoms with Crippen LogP contribution >= 0.6 is 15.9 Å². The Morgan fingerprint density at radius 3 is 2.75 bits per heavy atom. The average molecular weight is 337 g/mol. The second kappa shape index (κ2) is 5.76. The Morgan fingerprint density at radius 2 is 2.10 bits per heavy atom. The van der Waals surface area contributed by atoms with Gasteiger partial charge in [-0.1, -0.05) is 18.6 Å². The number of hydrogen-bond donors (Lipinski definition) is 2. The van der Waals surface area contributed by atoms with Crippen LogP contribution < -0.4 is 10.6 Å². The fourth-order valence-corrected chi connectivity index (χ4v) is 4.33. The van der Waals surface area contributed by atoms with E-state index in [1.807, 2.05) is 24.3 Å². The summed E-state index contributed by atoms with van der Waals surface area (Å²) in [5.41, 5.74) is 0.810. The second-order valence-electron chi connectivity index (χ2n) is 6.21. The zero-order valence-corrected chi connectivity index (χ0v) is 13.3. The van der Waals surface area contributed by atoms with E-state index in [2.05, 4.69) is 33.5 Å². The number of carbonyl (C=O) groups is 1.